The predicted molar refractivity (Wildman–Crippen MR) is 49.6 cm³/mol. The maximum atomic E-state index is 5.66. The Morgan fingerprint density at radius 2 is 1.93 bits per heavy atom. The van der Waals surface area contributed by atoms with E-state index < -0.39 is 0 Å². The molecule has 0 saturated heterocycles. The van der Waals surface area contributed by atoms with Crippen LogP contribution in [0.5, 0.6) is 0 Å². The molecule has 0 aliphatic rings. The second kappa shape index (κ2) is 4.21. The number of rotatable bonds is 1. The van der Waals surface area contributed by atoms with Crippen LogP contribution in [-0.4, -0.2) is 15.2 Å². The first-order chi connectivity index (χ1) is 6.29. The van der Waals surface area contributed by atoms with Crippen molar-refractivity contribution in [2.75, 3.05) is 5.84 Å². The summed E-state index contributed by atoms with van der Waals surface area (Å²) in [4.78, 5) is 3.91. The molecule has 4 N–H and O–H groups in total. The van der Waals surface area contributed by atoms with Crippen LogP contribution in [0.15, 0.2) is 24.5 Å². The van der Waals surface area contributed by atoms with E-state index in [0.717, 1.165) is 11.4 Å². The third-order valence-corrected chi connectivity index (χ3v) is 2.00. The Morgan fingerprint density at radius 3 is 2.43 bits per heavy atom. The maximum Gasteiger partial charge on any atom is 0.345 e. The van der Waals surface area contributed by atoms with Crippen molar-refractivity contribution in [3.63, 3.8) is 0 Å². The van der Waals surface area contributed by atoms with Gasteiger partial charge in [0.05, 0.1) is 5.56 Å². The van der Waals surface area contributed by atoms with Crippen molar-refractivity contribution in [1.29, 1.82) is 0 Å². The molecule has 0 atom stereocenters. The molecule has 0 aromatic carbocycles. The number of aromatic amines is 2. The van der Waals surface area contributed by atoms with E-state index in [-0.39, 0.29) is 12.4 Å². The molecule has 0 unspecified atom stereocenters. The number of hydrogen-bond donors (Lipinski definition) is 3. The average molecular weight is 230 g/mol. The number of aromatic nitrogens is 4. The number of nitrogens with zero attached hydrogens (tertiary/aromatic N) is 2. The van der Waals surface area contributed by atoms with Crippen molar-refractivity contribution < 1.29 is 17.1 Å². The smallest absolute Gasteiger partial charge is 0.345 e. The number of nitrogen functional groups attached to an aromatic ring is 1. The number of pyridine rings is 1. The third-order valence-electron chi connectivity index (χ3n) is 1.70. The summed E-state index contributed by atoms with van der Waals surface area (Å²) in [5, 5.41) is 5.61. The SMILES string of the molecule is N[n+]1c(-c2ccncc2)[nH][nH]c1=S.[Cl-]. The molecule has 0 aliphatic carbocycles. The van der Waals surface area contributed by atoms with Gasteiger partial charge in [-0.3, -0.25) is 10.8 Å². The minimum atomic E-state index is 0. The Labute approximate surface area is 91.4 Å². The molecule has 2 aromatic rings. The van der Waals surface area contributed by atoms with Crippen LogP contribution in [0.1, 0.15) is 0 Å². The van der Waals surface area contributed by atoms with Crippen LogP contribution >= 0.6 is 12.2 Å². The summed E-state index contributed by atoms with van der Waals surface area (Å²) >= 11 is 4.91. The van der Waals surface area contributed by atoms with Gasteiger partial charge < -0.3 is 12.4 Å². The van der Waals surface area contributed by atoms with Crippen LogP contribution in [0, 0.1) is 4.77 Å². The number of hydrogen-bond acceptors (Lipinski definition) is 3. The van der Waals surface area contributed by atoms with Gasteiger partial charge in [-0.25, -0.2) is 0 Å². The van der Waals surface area contributed by atoms with Gasteiger partial charge in [0.25, 0.3) is 5.82 Å². The lowest BCUT2D eigenvalue weighted by Gasteiger charge is -1.92. The number of nitrogens with one attached hydrogen (secondary N) is 2. The molecule has 2 aromatic heterocycles. The van der Waals surface area contributed by atoms with Gasteiger partial charge in [-0.15, -0.1) is 9.77 Å². The molecule has 74 valence electrons. The van der Waals surface area contributed by atoms with Crippen LogP contribution in [0.4, 0.5) is 0 Å². The van der Waals surface area contributed by atoms with Crippen molar-refractivity contribution >= 4 is 12.2 Å². The zero-order valence-corrected chi connectivity index (χ0v) is 8.64. The van der Waals surface area contributed by atoms with E-state index in [1.165, 1.54) is 4.68 Å². The standard InChI is InChI=1S/C7H7N5S.ClH/c8-12-6(10-11-7(12)13)5-1-3-9-4-2-5;/h1-4H,8H2,(H,9,11,13);1H. The number of nitrogens with two attached hydrogens (primary N) is 1. The van der Waals surface area contributed by atoms with E-state index in [1.807, 2.05) is 12.1 Å². The molecule has 0 amide bonds. The van der Waals surface area contributed by atoms with Gasteiger partial charge in [0.2, 0.25) is 0 Å². The largest absolute Gasteiger partial charge is 1.00 e. The summed E-state index contributed by atoms with van der Waals surface area (Å²) in [6.45, 7) is 0. The summed E-state index contributed by atoms with van der Waals surface area (Å²) < 4.78 is 1.83. The molecule has 0 bridgehead atoms. The van der Waals surface area contributed by atoms with Gasteiger partial charge in [-0.1, -0.05) is 0 Å². The van der Waals surface area contributed by atoms with Crippen molar-refractivity contribution in [2.45, 2.75) is 0 Å². The zero-order valence-electron chi connectivity index (χ0n) is 7.07. The normalized spacial score (nSPS) is 9.43. The van der Waals surface area contributed by atoms with Gasteiger partial charge in [0, 0.05) is 24.6 Å². The van der Waals surface area contributed by atoms with E-state index in [2.05, 4.69) is 15.2 Å². The Morgan fingerprint density at radius 1 is 1.29 bits per heavy atom. The second-order valence-electron chi connectivity index (χ2n) is 2.51. The van der Waals surface area contributed by atoms with Gasteiger partial charge >= 0.3 is 4.77 Å². The first-order valence-electron chi connectivity index (χ1n) is 3.67. The molecule has 0 aliphatic heterocycles. The first kappa shape index (κ1) is 10.7. The summed E-state index contributed by atoms with van der Waals surface area (Å²) in [6.07, 6.45) is 3.39. The first-order valence-corrected chi connectivity index (χ1v) is 4.08. The molecular weight excluding hydrogens is 222 g/mol. The van der Waals surface area contributed by atoms with Gasteiger partial charge in [-0.2, -0.15) is 5.10 Å². The highest BCUT2D eigenvalue weighted by Crippen LogP contribution is 2.08. The Bertz CT molecular complexity index is 462. The molecule has 7 heteroatoms. The van der Waals surface area contributed by atoms with E-state index in [9.17, 15) is 0 Å². The van der Waals surface area contributed by atoms with E-state index in [1.54, 1.807) is 12.4 Å². The highest BCUT2D eigenvalue weighted by Gasteiger charge is 2.10. The predicted octanol–water partition coefficient (Wildman–Crippen LogP) is -2.86. The topological polar surface area (TPSA) is 74.4 Å². The van der Waals surface area contributed by atoms with Crippen molar-refractivity contribution in [3.05, 3.63) is 29.3 Å². The van der Waals surface area contributed by atoms with Gasteiger partial charge in [0.1, 0.15) is 0 Å². The van der Waals surface area contributed by atoms with E-state index in [0.29, 0.717) is 4.77 Å². The van der Waals surface area contributed by atoms with Crippen molar-refractivity contribution in [2.24, 2.45) is 0 Å². The Balaban J connectivity index is 0.000000980. The van der Waals surface area contributed by atoms with Crippen molar-refractivity contribution in [1.82, 2.24) is 15.2 Å². The lowest BCUT2D eigenvalue weighted by Crippen LogP contribution is -3.00. The van der Waals surface area contributed by atoms with Crippen LogP contribution in [0.3, 0.4) is 0 Å². The summed E-state index contributed by atoms with van der Waals surface area (Å²) in [5.41, 5.74) is 0.935. The lowest BCUT2D eigenvalue weighted by atomic mass is 10.2. The van der Waals surface area contributed by atoms with Crippen LogP contribution < -0.4 is 22.9 Å². The fourth-order valence-corrected chi connectivity index (χ4v) is 1.20. The molecule has 14 heavy (non-hydrogen) atoms. The monoisotopic (exact) mass is 229 g/mol. The van der Waals surface area contributed by atoms with Crippen LogP contribution in [0.25, 0.3) is 11.4 Å². The molecule has 0 fully saturated rings. The minimum absolute atomic E-state index is 0. The fraction of sp³-hybridized carbons (Fsp3) is 0. The van der Waals surface area contributed by atoms with E-state index in [4.69, 9.17) is 18.1 Å². The molecule has 0 radical (unpaired) electrons. The molecule has 5 nitrogen and oxygen atoms in total. The zero-order chi connectivity index (χ0) is 9.26. The summed E-state index contributed by atoms with van der Waals surface area (Å²) in [6, 6.07) is 3.69. The highest BCUT2D eigenvalue weighted by atomic mass is 35.5. The fourth-order valence-electron chi connectivity index (χ4n) is 1.06. The molecular formula is C7H8ClN5S. The molecule has 0 spiro atoms. The molecule has 2 rings (SSSR count). The van der Waals surface area contributed by atoms with Crippen LogP contribution in [0.2, 0.25) is 0 Å². The average Bonchev–Trinajstić information content (AvgIpc) is 2.49. The Kier molecular flexibility index (Phi) is 3.21. The van der Waals surface area contributed by atoms with Gasteiger partial charge in [0.15, 0.2) is 0 Å². The maximum absolute atomic E-state index is 5.66. The molecule has 2 heterocycles. The molecule has 0 saturated carbocycles. The highest BCUT2D eigenvalue weighted by molar-refractivity contribution is 7.71. The lowest BCUT2D eigenvalue weighted by molar-refractivity contribution is -0.634. The van der Waals surface area contributed by atoms with Crippen molar-refractivity contribution in [3.8, 4) is 11.4 Å². The number of H-pyrrole nitrogens is 2. The Hall–Kier alpha value is -1.40. The van der Waals surface area contributed by atoms with E-state index >= 15 is 0 Å². The third kappa shape index (κ3) is 1.75. The number of halogens is 1. The van der Waals surface area contributed by atoms with Crippen LogP contribution in [-0.2, 0) is 0 Å². The summed E-state index contributed by atoms with van der Waals surface area (Å²) in [7, 11) is 0. The second-order valence-corrected chi connectivity index (χ2v) is 2.90. The quantitative estimate of drug-likeness (QED) is 0.280. The van der Waals surface area contributed by atoms with Gasteiger partial charge in [-0.05, 0) is 12.1 Å². The minimum Gasteiger partial charge on any atom is -1.00 e. The summed E-state index contributed by atoms with van der Waals surface area (Å²) in [5.74, 6) is 6.39.